The van der Waals surface area contributed by atoms with Crippen LogP contribution in [0, 0.1) is 11.8 Å². The van der Waals surface area contributed by atoms with Gasteiger partial charge in [-0.3, -0.25) is 29.0 Å². The predicted molar refractivity (Wildman–Crippen MR) is 147 cm³/mol. The number of nitrogens with two attached hydrogens (primary N) is 2. The maximum Gasteiger partial charge on any atom is 0.246 e. The number of carbonyl (C=O) groups is 5. The molecule has 1 aliphatic heterocycles. The summed E-state index contributed by atoms with van der Waals surface area (Å²) in [6.45, 7) is 7.07. The van der Waals surface area contributed by atoms with Gasteiger partial charge in [-0.05, 0) is 51.4 Å². The van der Waals surface area contributed by atoms with Gasteiger partial charge in [-0.25, -0.2) is 0 Å². The third-order valence-electron chi connectivity index (χ3n) is 7.41. The molecular weight excluding hydrogens is 504 g/mol. The number of nitrogens with one attached hydrogen (secondary N) is 5. The van der Waals surface area contributed by atoms with Crippen LogP contribution >= 0.6 is 0 Å². The summed E-state index contributed by atoms with van der Waals surface area (Å²) in [5.41, 5.74) is 9.38. The molecule has 1 aliphatic carbocycles. The number of carbonyl (C=O) groups excluding carboxylic acids is 5. The topological polar surface area (TPSA) is 210 Å². The number of guanidine groups is 1. The van der Waals surface area contributed by atoms with Crippen molar-refractivity contribution in [1.29, 1.82) is 0 Å². The van der Waals surface area contributed by atoms with E-state index in [2.05, 4.69) is 31.6 Å². The van der Waals surface area contributed by atoms with Crippen molar-refractivity contribution in [2.24, 2.45) is 28.3 Å². The smallest absolute Gasteiger partial charge is 0.246 e. The van der Waals surface area contributed by atoms with Crippen LogP contribution in [0.5, 0.6) is 0 Å². The second-order valence-electron chi connectivity index (χ2n) is 11.0. The van der Waals surface area contributed by atoms with Crippen LogP contribution in [-0.2, 0) is 24.0 Å². The molecule has 0 aromatic heterocycles. The van der Waals surface area contributed by atoms with Gasteiger partial charge in [0.2, 0.25) is 29.5 Å². The minimum Gasteiger partial charge on any atom is -0.370 e. The maximum atomic E-state index is 13.6. The molecule has 2 aliphatic rings. The van der Waals surface area contributed by atoms with E-state index in [1.54, 1.807) is 27.7 Å². The number of hydrogen-bond acceptors (Lipinski definition) is 6. The molecule has 39 heavy (non-hydrogen) atoms. The lowest BCUT2D eigenvalue weighted by atomic mass is 9.93. The highest BCUT2D eigenvalue weighted by molar-refractivity contribution is 5.97. The van der Waals surface area contributed by atoms with Gasteiger partial charge in [-0.2, -0.15) is 0 Å². The highest BCUT2D eigenvalue weighted by Crippen LogP contribution is 2.28. The Morgan fingerprint density at radius 3 is 2.26 bits per heavy atom. The monoisotopic (exact) mass is 550 g/mol. The molecule has 2 fully saturated rings. The van der Waals surface area contributed by atoms with Crippen LogP contribution < -0.4 is 38.1 Å². The van der Waals surface area contributed by atoms with E-state index < -0.39 is 41.4 Å². The van der Waals surface area contributed by atoms with Gasteiger partial charge in [0.25, 0.3) is 0 Å². The van der Waals surface area contributed by atoms with Crippen molar-refractivity contribution in [2.75, 3.05) is 13.1 Å². The Morgan fingerprint density at radius 2 is 1.67 bits per heavy atom. The second kappa shape index (κ2) is 14.7. The number of aliphatic imine (C=N–C) groups is 1. The number of amides is 5. The van der Waals surface area contributed by atoms with Crippen molar-refractivity contribution in [3.63, 3.8) is 0 Å². The average molecular weight is 551 g/mol. The van der Waals surface area contributed by atoms with E-state index in [1.807, 2.05) is 0 Å². The number of hydrogen-bond donors (Lipinski definition) is 7. The first-order valence-corrected chi connectivity index (χ1v) is 13.9. The summed E-state index contributed by atoms with van der Waals surface area (Å²) in [5, 5.41) is 14.0. The molecule has 0 spiro atoms. The zero-order chi connectivity index (χ0) is 29.2. The Balaban J connectivity index is 2.39. The van der Waals surface area contributed by atoms with E-state index in [0.717, 1.165) is 25.7 Å². The molecule has 13 nitrogen and oxygen atoms in total. The van der Waals surface area contributed by atoms with Gasteiger partial charge < -0.3 is 38.1 Å². The standard InChI is InChI=1S/C26H46N8O5/c1-5-17-21(36)33-19(16-9-6-7-10-16)23(38)29-14-12-26(4,34-20(35)15(2)3)24(39)32-18(22(37)31-17)11-8-13-30-25(27)28/h15-19H,5-14H2,1-4H3,(H,29,38)(H,31,37)(H,32,39)(H,33,36)(H,34,35)(H4,27,28,30)/t17-,18-,19?,26+/m0/s1. The summed E-state index contributed by atoms with van der Waals surface area (Å²) in [6, 6.07) is -2.66. The van der Waals surface area contributed by atoms with Gasteiger partial charge in [0, 0.05) is 19.0 Å². The molecule has 220 valence electrons. The third kappa shape index (κ3) is 9.39. The Labute approximate surface area is 230 Å². The maximum absolute atomic E-state index is 13.6. The molecule has 0 radical (unpaired) electrons. The van der Waals surface area contributed by atoms with Gasteiger partial charge >= 0.3 is 0 Å². The van der Waals surface area contributed by atoms with Crippen molar-refractivity contribution in [2.45, 2.75) is 103 Å². The minimum absolute atomic E-state index is 0.0197. The molecule has 1 heterocycles. The Kier molecular flexibility index (Phi) is 12.0. The fraction of sp³-hybridized carbons (Fsp3) is 0.769. The van der Waals surface area contributed by atoms with Crippen molar-refractivity contribution in [3.8, 4) is 0 Å². The van der Waals surface area contributed by atoms with Crippen LogP contribution in [0.25, 0.3) is 0 Å². The predicted octanol–water partition coefficient (Wildman–Crippen LogP) is -0.855. The zero-order valence-electron chi connectivity index (χ0n) is 23.6. The zero-order valence-corrected chi connectivity index (χ0v) is 23.6. The van der Waals surface area contributed by atoms with Gasteiger partial charge in [0.1, 0.15) is 23.7 Å². The lowest BCUT2D eigenvalue weighted by Gasteiger charge is -2.34. The lowest BCUT2D eigenvalue weighted by molar-refractivity contribution is -0.138. The molecular formula is C26H46N8O5. The Morgan fingerprint density at radius 1 is 1.03 bits per heavy atom. The van der Waals surface area contributed by atoms with E-state index >= 15 is 0 Å². The van der Waals surface area contributed by atoms with Crippen LogP contribution in [0.3, 0.4) is 0 Å². The molecule has 4 atom stereocenters. The third-order valence-corrected chi connectivity index (χ3v) is 7.41. The minimum atomic E-state index is -1.41. The number of rotatable bonds is 8. The normalized spacial score (nSPS) is 27.6. The number of nitrogens with zero attached hydrogens (tertiary/aromatic N) is 1. The van der Waals surface area contributed by atoms with Crippen molar-refractivity contribution in [1.82, 2.24) is 26.6 Å². The fourth-order valence-electron chi connectivity index (χ4n) is 4.85. The van der Waals surface area contributed by atoms with Crippen LogP contribution in [0.4, 0.5) is 0 Å². The first-order valence-electron chi connectivity index (χ1n) is 13.9. The Bertz CT molecular complexity index is 929. The van der Waals surface area contributed by atoms with Crippen molar-refractivity contribution >= 4 is 35.5 Å². The van der Waals surface area contributed by atoms with E-state index in [1.165, 1.54) is 0 Å². The highest BCUT2D eigenvalue weighted by atomic mass is 16.2. The molecule has 2 rings (SSSR count). The average Bonchev–Trinajstić information content (AvgIpc) is 3.40. The van der Waals surface area contributed by atoms with E-state index in [0.29, 0.717) is 6.42 Å². The SMILES string of the molecule is CC[C@@H]1NC(=O)[C@H](CCCN=C(N)N)NC(=O)[C@](C)(NC(=O)C(C)C)CCNC(=O)C(C2CCCC2)NC1=O. The van der Waals surface area contributed by atoms with E-state index in [-0.39, 0.29) is 62.0 Å². The molecule has 0 aromatic rings. The largest absolute Gasteiger partial charge is 0.370 e. The quantitative estimate of drug-likeness (QED) is 0.115. The summed E-state index contributed by atoms with van der Waals surface area (Å²) in [4.78, 5) is 69.9. The van der Waals surface area contributed by atoms with Crippen LogP contribution in [0.2, 0.25) is 0 Å². The summed E-state index contributed by atoms with van der Waals surface area (Å²) in [5.74, 6) is -2.74. The van der Waals surface area contributed by atoms with Crippen LogP contribution in [0.1, 0.15) is 79.1 Å². The first-order chi connectivity index (χ1) is 18.4. The second-order valence-corrected chi connectivity index (χ2v) is 11.0. The van der Waals surface area contributed by atoms with Crippen molar-refractivity contribution in [3.05, 3.63) is 0 Å². The van der Waals surface area contributed by atoms with Gasteiger partial charge in [0.05, 0.1) is 0 Å². The van der Waals surface area contributed by atoms with Crippen molar-refractivity contribution < 1.29 is 24.0 Å². The molecule has 0 bridgehead atoms. The molecule has 9 N–H and O–H groups in total. The fourth-order valence-corrected chi connectivity index (χ4v) is 4.85. The van der Waals surface area contributed by atoms with Gasteiger partial charge in [-0.15, -0.1) is 0 Å². The summed E-state index contributed by atoms with van der Waals surface area (Å²) >= 11 is 0. The lowest BCUT2D eigenvalue weighted by Crippen LogP contribution is -2.63. The van der Waals surface area contributed by atoms with Gasteiger partial charge in [-0.1, -0.05) is 33.6 Å². The molecule has 1 saturated heterocycles. The molecule has 1 unspecified atom stereocenters. The van der Waals surface area contributed by atoms with Gasteiger partial charge in [0.15, 0.2) is 5.96 Å². The Hall–Kier alpha value is -3.38. The molecule has 1 saturated carbocycles. The van der Waals surface area contributed by atoms with Crippen LogP contribution in [0.15, 0.2) is 4.99 Å². The van der Waals surface area contributed by atoms with E-state index in [4.69, 9.17) is 11.5 Å². The summed E-state index contributed by atoms with van der Waals surface area (Å²) < 4.78 is 0. The summed E-state index contributed by atoms with van der Waals surface area (Å²) in [6.07, 6.45) is 4.50. The first kappa shape index (κ1) is 31.8. The van der Waals surface area contributed by atoms with E-state index in [9.17, 15) is 24.0 Å². The molecule has 5 amide bonds. The highest BCUT2D eigenvalue weighted by Gasteiger charge is 2.39. The summed E-state index contributed by atoms with van der Waals surface area (Å²) in [7, 11) is 0. The molecule has 13 heteroatoms. The van der Waals surface area contributed by atoms with Crippen LogP contribution in [-0.4, -0.2) is 72.2 Å². The molecule has 0 aromatic carbocycles.